The van der Waals surface area contributed by atoms with Crippen LogP contribution in [0.2, 0.25) is 0 Å². The number of ether oxygens (including phenoxy) is 1. The fourth-order valence-electron chi connectivity index (χ4n) is 4.10. The SMILES string of the molecule is CCOc1cccc(C2c3c(oc4ccc(Br)cc4c3=O)C(=O)N2c2cccc(C)n2)c1. The quantitative estimate of drug-likeness (QED) is 0.382. The Kier molecular flexibility index (Phi) is 5.06. The number of hydrogen-bond donors (Lipinski definition) is 0. The van der Waals surface area contributed by atoms with Crippen LogP contribution in [0.15, 0.2) is 74.3 Å². The molecule has 0 saturated heterocycles. The maximum absolute atomic E-state index is 13.6. The van der Waals surface area contributed by atoms with Crippen LogP contribution < -0.4 is 15.1 Å². The van der Waals surface area contributed by atoms with E-state index in [0.29, 0.717) is 34.7 Å². The minimum absolute atomic E-state index is 0.0416. The molecule has 6 nitrogen and oxygen atoms in total. The number of aromatic nitrogens is 1. The van der Waals surface area contributed by atoms with Crippen molar-refractivity contribution in [2.45, 2.75) is 19.9 Å². The lowest BCUT2D eigenvalue weighted by Gasteiger charge is -2.24. The molecular weight excluding hydrogens is 472 g/mol. The van der Waals surface area contributed by atoms with Crippen LogP contribution in [-0.4, -0.2) is 17.5 Å². The number of carbonyl (C=O) groups excluding carboxylic acids is 1. The number of anilines is 1. The molecule has 5 rings (SSSR count). The van der Waals surface area contributed by atoms with E-state index in [2.05, 4.69) is 20.9 Å². The van der Waals surface area contributed by atoms with Gasteiger partial charge in [-0.05, 0) is 61.9 Å². The molecule has 7 heteroatoms. The van der Waals surface area contributed by atoms with Gasteiger partial charge >= 0.3 is 0 Å². The molecule has 160 valence electrons. The molecule has 0 N–H and O–H groups in total. The number of benzene rings is 2. The summed E-state index contributed by atoms with van der Waals surface area (Å²) in [4.78, 5) is 33.3. The third-order valence-corrected chi connectivity index (χ3v) is 5.93. The van der Waals surface area contributed by atoms with Crippen molar-refractivity contribution in [2.75, 3.05) is 11.5 Å². The number of halogens is 1. The van der Waals surface area contributed by atoms with Crippen molar-refractivity contribution in [3.05, 3.63) is 97.9 Å². The molecule has 0 saturated carbocycles. The summed E-state index contributed by atoms with van der Waals surface area (Å²) in [7, 11) is 0. The Bertz CT molecular complexity index is 1430. The Morgan fingerprint density at radius 3 is 2.69 bits per heavy atom. The second-order valence-electron chi connectivity index (χ2n) is 7.53. The van der Waals surface area contributed by atoms with Gasteiger partial charge in [0.1, 0.15) is 17.2 Å². The monoisotopic (exact) mass is 490 g/mol. The molecular formula is C25H19BrN2O4. The van der Waals surface area contributed by atoms with Crippen LogP contribution in [0.5, 0.6) is 5.75 Å². The molecule has 0 aliphatic carbocycles. The second-order valence-corrected chi connectivity index (χ2v) is 8.45. The zero-order valence-electron chi connectivity index (χ0n) is 17.5. The first-order chi connectivity index (χ1) is 15.5. The van der Waals surface area contributed by atoms with Crippen molar-refractivity contribution < 1.29 is 13.9 Å². The molecule has 2 aromatic heterocycles. The van der Waals surface area contributed by atoms with E-state index in [0.717, 1.165) is 15.7 Å². The normalized spacial score (nSPS) is 15.3. The van der Waals surface area contributed by atoms with E-state index in [9.17, 15) is 9.59 Å². The predicted molar refractivity (Wildman–Crippen MR) is 125 cm³/mol. The maximum atomic E-state index is 13.6. The molecule has 1 aliphatic rings. The Balaban J connectivity index is 1.80. The van der Waals surface area contributed by atoms with Gasteiger partial charge in [-0.15, -0.1) is 0 Å². The van der Waals surface area contributed by atoms with E-state index in [1.54, 1.807) is 24.3 Å². The summed E-state index contributed by atoms with van der Waals surface area (Å²) in [6, 6.07) is 17.4. The van der Waals surface area contributed by atoms with Crippen molar-refractivity contribution in [1.82, 2.24) is 4.98 Å². The summed E-state index contributed by atoms with van der Waals surface area (Å²) in [5, 5.41) is 0.413. The summed E-state index contributed by atoms with van der Waals surface area (Å²) < 4.78 is 12.4. The van der Waals surface area contributed by atoms with E-state index >= 15 is 0 Å². The standard InChI is InChI=1S/C25H19BrN2O4/c1-3-31-17-8-5-7-15(12-17)22-21-23(29)18-13-16(26)10-11-19(18)32-24(21)25(30)28(22)20-9-4-6-14(2)27-20/h4-13,22H,3H2,1-2H3. The number of pyridine rings is 1. The molecule has 0 spiro atoms. The third kappa shape index (κ3) is 3.29. The molecule has 1 atom stereocenters. The van der Waals surface area contributed by atoms with Gasteiger partial charge < -0.3 is 9.15 Å². The van der Waals surface area contributed by atoms with Gasteiger partial charge in [-0.1, -0.05) is 34.1 Å². The molecule has 32 heavy (non-hydrogen) atoms. The van der Waals surface area contributed by atoms with Gasteiger partial charge in [-0.3, -0.25) is 14.5 Å². The molecule has 1 amide bonds. The first kappa shape index (κ1) is 20.5. The van der Waals surface area contributed by atoms with Gasteiger partial charge in [0.15, 0.2) is 5.43 Å². The van der Waals surface area contributed by atoms with Gasteiger partial charge in [0.2, 0.25) is 5.76 Å². The van der Waals surface area contributed by atoms with Gasteiger partial charge in [-0.2, -0.15) is 0 Å². The zero-order valence-corrected chi connectivity index (χ0v) is 19.0. The highest BCUT2D eigenvalue weighted by Crippen LogP contribution is 2.41. The summed E-state index contributed by atoms with van der Waals surface area (Å²) >= 11 is 3.42. The van der Waals surface area contributed by atoms with Gasteiger partial charge in [-0.25, -0.2) is 4.98 Å². The Morgan fingerprint density at radius 2 is 1.91 bits per heavy atom. The average molecular weight is 491 g/mol. The first-order valence-corrected chi connectivity index (χ1v) is 11.0. The van der Waals surface area contributed by atoms with Gasteiger partial charge in [0.25, 0.3) is 5.91 Å². The van der Waals surface area contributed by atoms with Crippen molar-refractivity contribution in [2.24, 2.45) is 0 Å². The van der Waals surface area contributed by atoms with E-state index in [1.165, 1.54) is 4.90 Å². The van der Waals surface area contributed by atoms with Gasteiger partial charge in [0.05, 0.1) is 23.6 Å². The number of aryl methyl sites for hydroxylation is 1. The summed E-state index contributed by atoms with van der Waals surface area (Å²) in [6.07, 6.45) is 0. The summed E-state index contributed by atoms with van der Waals surface area (Å²) in [5.41, 5.74) is 1.94. The predicted octanol–water partition coefficient (Wildman–Crippen LogP) is 5.41. The molecule has 3 heterocycles. The van der Waals surface area contributed by atoms with Crippen LogP contribution in [0.3, 0.4) is 0 Å². The minimum atomic E-state index is -0.688. The van der Waals surface area contributed by atoms with Crippen LogP contribution in [-0.2, 0) is 0 Å². The zero-order chi connectivity index (χ0) is 22.4. The average Bonchev–Trinajstić information content (AvgIpc) is 3.07. The lowest BCUT2D eigenvalue weighted by molar-refractivity contribution is 0.0970. The third-order valence-electron chi connectivity index (χ3n) is 5.44. The van der Waals surface area contributed by atoms with Crippen LogP contribution in [0.4, 0.5) is 5.82 Å². The summed E-state index contributed by atoms with van der Waals surface area (Å²) in [6.45, 7) is 4.27. The highest BCUT2D eigenvalue weighted by atomic mass is 79.9. The molecule has 0 bridgehead atoms. The Labute approximate surface area is 192 Å². The van der Waals surface area contributed by atoms with E-state index in [-0.39, 0.29) is 11.2 Å². The van der Waals surface area contributed by atoms with Crippen LogP contribution in [0.25, 0.3) is 11.0 Å². The number of hydrogen-bond acceptors (Lipinski definition) is 5. The first-order valence-electron chi connectivity index (χ1n) is 10.2. The highest BCUT2D eigenvalue weighted by Gasteiger charge is 2.44. The lowest BCUT2D eigenvalue weighted by atomic mass is 9.98. The summed E-state index contributed by atoms with van der Waals surface area (Å²) in [5.74, 6) is 0.764. The number of amides is 1. The highest BCUT2D eigenvalue weighted by molar-refractivity contribution is 9.10. The van der Waals surface area contributed by atoms with E-state index in [4.69, 9.17) is 9.15 Å². The topological polar surface area (TPSA) is 72.6 Å². The Morgan fingerprint density at radius 1 is 1.09 bits per heavy atom. The van der Waals surface area contributed by atoms with Crippen molar-refractivity contribution in [1.29, 1.82) is 0 Å². The molecule has 4 aromatic rings. The maximum Gasteiger partial charge on any atom is 0.296 e. The second kappa shape index (κ2) is 7.91. The lowest BCUT2D eigenvalue weighted by Crippen LogP contribution is -2.30. The van der Waals surface area contributed by atoms with Gasteiger partial charge in [0, 0.05) is 10.2 Å². The van der Waals surface area contributed by atoms with E-state index in [1.807, 2.05) is 50.2 Å². The molecule has 0 fully saturated rings. The van der Waals surface area contributed by atoms with E-state index < -0.39 is 11.9 Å². The fraction of sp³-hybridized carbons (Fsp3) is 0.160. The smallest absolute Gasteiger partial charge is 0.296 e. The number of fused-ring (bicyclic) bond motifs is 2. The number of nitrogens with zero attached hydrogens (tertiary/aromatic N) is 2. The number of rotatable bonds is 4. The molecule has 2 aromatic carbocycles. The minimum Gasteiger partial charge on any atom is -0.494 e. The van der Waals surface area contributed by atoms with Crippen molar-refractivity contribution in [3.63, 3.8) is 0 Å². The molecule has 1 aliphatic heterocycles. The van der Waals surface area contributed by atoms with Crippen molar-refractivity contribution >= 4 is 38.6 Å². The van der Waals surface area contributed by atoms with Crippen LogP contribution in [0.1, 0.15) is 40.3 Å². The van der Waals surface area contributed by atoms with Crippen molar-refractivity contribution in [3.8, 4) is 5.75 Å². The van der Waals surface area contributed by atoms with Crippen LogP contribution >= 0.6 is 15.9 Å². The largest absolute Gasteiger partial charge is 0.494 e. The molecule has 1 unspecified atom stereocenters. The fourth-order valence-corrected chi connectivity index (χ4v) is 4.46. The Hall–Kier alpha value is -3.45. The molecule has 0 radical (unpaired) electrons. The number of carbonyl (C=O) groups is 1. The van der Waals surface area contributed by atoms with Crippen LogP contribution in [0, 0.1) is 6.92 Å².